The second-order valence-corrected chi connectivity index (χ2v) is 5.04. The van der Waals surface area contributed by atoms with E-state index in [4.69, 9.17) is 15.7 Å². The zero-order chi connectivity index (χ0) is 14.7. The second kappa shape index (κ2) is 6.04. The largest absolute Gasteiger partial charge is 0.409 e. The van der Waals surface area contributed by atoms with E-state index in [0.29, 0.717) is 11.4 Å². The predicted octanol–water partition coefficient (Wildman–Crippen LogP) is 0.803. The number of amidine groups is 1. The van der Waals surface area contributed by atoms with Crippen LogP contribution in [0.15, 0.2) is 5.16 Å². The number of rotatable bonds is 3. The summed E-state index contributed by atoms with van der Waals surface area (Å²) in [4.78, 5) is 2.09. The van der Waals surface area contributed by atoms with Gasteiger partial charge in [-0.25, -0.2) is 0 Å². The molecule has 7 nitrogen and oxygen atoms in total. The van der Waals surface area contributed by atoms with Crippen molar-refractivity contribution in [1.29, 1.82) is 0 Å². The maximum atomic E-state index is 9.00. The number of ether oxygens (including phenoxy) is 1. The summed E-state index contributed by atoms with van der Waals surface area (Å²) in [6, 6.07) is 0. The summed E-state index contributed by atoms with van der Waals surface area (Å²) in [7, 11) is 1.71. The fourth-order valence-corrected chi connectivity index (χ4v) is 2.50. The van der Waals surface area contributed by atoms with Crippen molar-refractivity contribution >= 4 is 11.7 Å². The number of nitrogens with two attached hydrogens (primary N) is 1. The predicted molar refractivity (Wildman–Crippen MR) is 76.3 cm³/mol. The highest BCUT2D eigenvalue weighted by Crippen LogP contribution is 2.25. The molecule has 7 heteroatoms. The minimum Gasteiger partial charge on any atom is -0.409 e. The summed E-state index contributed by atoms with van der Waals surface area (Å²) in [5.41, 5.74) is 8.12. The Balaban J connectivity index is 2.43. The molecule has 2 heterocycles. The SMILES string of the molecule is COC1CCCN(c2nnc(C)c(C)c2C(N)=NO)C1. The van der Waals surface area contributed by atoms with Crippen molar-refractivity contribution in [3.8, 4) is 0 Å². The number of piperidine rings is 1. The Morgan fingerprint density at radius 3 is 2.85 bits per heavy atom. The molecule has 20 heavy (non-hydrogen) atoms. The summed E-state index contributed by atoms with van der Waals surface area (Å²) in [5.74, 6) is 0.722. The standard InChI is InChI=1S/C13H21N5O2/c1-8-9(2)15-16-13(11(8)12(14)17-19)18-6-4-5-10(7-18)20-3/h10,19H,4-7H2,1-3H3,(H2,14,17). The number of nitrogens with zero attached hydrogens (tertiary/aromatic N) is 4. The smallest absolute Gasteiger partial charge is 0.174 e. The van der Waals surface area contributed by atoms with Gasteiger partial charge < -0.3 is 20.6 Å². The third-order valence-corrected chi connectivity index (χ3v) is 3.81. The highest BCUT2D eigenvalue weighted by molar-refractivity contribution is 6.02. The van der Waals surface area contributed by atoms with Gasteiger partial charge in [-0.2, -0.15) is 5.10 Å². The van der Waals surface area contributed by atoms with Gasteiger partial charge in [0.15, 0.2) is 11.7 Å². The van der Waals surface area contributed by atoms with E-state index in [2.05, 4.69) is 20.3 Å². The van der Waals surface area contributed by atoms with E-state index < -0.39 is 0 Å². The van der Waals surface area contributed by atoms with Crippen LogP contribution in [0.1, 0.15) is 29.7 Å². The molecule has 0 radical (unpaired) electrons. The molecular weight excluding hydrogens is 258 g/mol. The summed E-state index contributed by atoms with van der Waals surface area (Å²) < 4.78 is 5.42. The molecule has 1 unspecified atom stereocenters. The van der Waals surface area contributed by atoms with Gasteiger partial charge >= 0.3 is 0 Å². The lowest BCUT2D eigenvalue weighted by Gasteiger charge is -2.33. The first-order chi connectivity index (χ1) is 9.58. The Morgan fingerprint density at radius 1 is 1.45 bits per heavy atom. The Bertz CT molecular complexity index is 518. The van der Waals surface area contributed by atoms with Gasteiger partial charge in [0, 0.05) is 20.2 Å². The van der Waals surface area contributed by atoms with Gasteiger partial charge in [-0.15, -0.1) is 5.10 Å². The van der Waals surface area contributed by atoms with Crippen LogP contribution in [0.3, 0.4) is 0 Å². The van der Waals surface area contributed by atoms with Gasteiger partial charge in [0.2, 0.25) is 0 Å². The van der Waals surface area contributed by atoms with Crippen molar-refractivity contribution in [2.24, 2.45) is 10.9 Å². The first kappa shape index (κ1) is 14.5. The molecule has 1 aromatic heterocycles. The van der Waals surface area contributed by atoms with Gasteiger partial charge in [0.05, 0.1) is 17.4 Å². The first-order valence-electron chi connectivity index (χ1n) is 6.68. The number of hydrogen-bond donors (Lipinski definition) is 2. The van der Waals surface area contributed by atoms with Crippen molar-refractivity contribution in [2.75, 3.05) is 25.1 Å². The molecule has 0 aromatic carbocycles. The van der Waals surface area contributed by atoms with Crippen molar-refractivity contribution < 1.29 is 9.94 Å². The zero-order valence-corrected chi connectivity index (χ0v) is 12.1. The molecule has 1 aliphatic rings. The lowest BCUT2D eigenvalue weighted by Crippen LogP contribution is -2.41. The van der Waals surface area contributed by atoms with E-state index in [9.17, 15) is 0 Å². The summed E-state index contributed by atoms with van der Waals surface area (Å²) in [6.07, 6.45) is 2.22. The average Bonchev–Trinajstić information content (AvgIpc) is 2.49. The van der Waals surface area contributed by atoms with E-state index >= 15 is 0 Å². The Kier molecular flexibility index (Phi) is 4.39. The molecule has 0 amide bonds. The third-order valence-electron chi connectivity index (χ3n) is 3.81. The van der Waals surface area contributed by atoms with Crippen molar-refractivity contribution in [3.63, 3.8) is 0 Å². The third kappa shape index (κ3) is 2.67. The minimum atomic E-state index is 0.0649. The quantitative estimate of drug-likeness (QED) is 0.368. The Morgan fingerprint density at radius 2 is 2.20 bits per heavy atom. The maximum absolute atomic E-state index is 9.00. The lowest BCUT2D eigenvalue weighted by molar-refractivity contribution is 0.0891. The molecule has 1 aliphatic heterocycles. The van der Waals surface area contributed by atoms with Crippen LogP contribution in [0.4, 0.5) is 5.82 Å². The highest BCUT2D eigenvalue weighted by atomic mass is 16.5. The van der Waals surface area contributed by atoms with Crippen LogP contribution in [-0.2, 0) is 4.74 Å². The molecule has 1 fully saturated rings. The lowest BCUT2D eigenvalue weighted by atomic mass is 10.0. The highest BCUT2D eigenvalue weighted by Gasteiger charge is 2.25. The van der Waals surface area contributed by atoms with Crippen LogP contribution in [-0.4, -0.2) is 47.5 Å². The van der Waals surface area contributed by atoms with Gasteiger partial charge in [-0.1, -0.05) is 5.16 Å². The summed E-state index contributed by atoms with van der Waals surface area (Å²) in [5, 5.41) is 20.5. The summed E-state index contributed by atoms with van der Waals surface area (Å²) in [6.45, 7) is 5.36. The van der Waals surface area contributed by atoms with Crippen LogP contribution < -0.4 is 10.6 Å². The van der Waals surface area contributed by atoms with Crippen molar-refractivity contribution in [2.45, 2.75) is 32.8 Å². The number of hydrogen-bond acceptors (Lipinski definition) is 6. The fourth-order valence-electron chi connectivity index (χ4n) is 2.50. The van der Waals surface area contributed by atoms with Crippen LogP contribution >= 0.6 is 0 Å². The number of aryl methyl sites for hydroxylation is 1. The van der Waals surface area contributed by atoms with Gasteiger partial charge in [0.1, 0.15) is 0 Å². The number of anilines is 1. The number of aromatic nitrogens is 2. The Labute approximate surface area is 118 Å². The maximum Gasteiger partial charge on any atom is 0.174 e. The molecule has 0 spiro atoms. The number of oxime groups is 1. The Hall–Kier alpha value is -1.89. The normalized spacial score (nSPS) is 20.2. The van der Waals surface area contributed by atoms with Gasteiger partial charge in [-0.05, 0) is 32.3 Å². The van der Waals surface area contributed by atoms with E-state index in [1.165, 1.54) is 0 Å². The molecule has 2 rings (SSSR count). The van der Waals surface area contributed by atoms with E-state index in [0.717, 1.165) is 37.2 Å². The van der Waals surface area contributed by atoms with E-state index in [1.807, 2.05) is 13.8 Å². The zero-order valence-electron chi connectivity index (χ0n) is 12.1. The van der Waals surface area contributed by atoms with Crippen molar-refractivity contribution in [1.82, 2.24) is 10.2 Å². The molecule has 0 saturated carbocycles. The molecule has 1 atom stereocenters. The second-order valence-electron chi connectivity index (χ2n) is 5.04. The topological polar surface area (TPSA) is 96.9 Å². The van der Waals surface area contributed by atoms with Crippen LogP contribution in [0.5, 0.6) is 0 Å². The van der Waals surface area contributed by atoms with Gasteiger partial charge in [-0.3, -0.25) is 0 Å². The van der Waals surface area contributed by atoms with E-state index in [-0.39, 0.29) is 11.9 Å². The average molecular weight is 279 g/mol. The summed E-state index contributed by atoms with van der Waals surface area (Å²) >= 11 is 0. The molecule has 1 saturated heterocycles. The van der Waals surface area contributed by atoms with Crippen LogP contribution in [0.25, 0.3) is 0 Å². The fraction of sp³-hybridized carbons (Fsp3) is 0.615. The molecule has 110 valence electrons. The first-order valence-corrected chi connectivity index (χ1v) is 6.68. The molecule has 0 bridgehead atoms. The van der Waals surface area contributed by atoms with Crippen LogP contribution in [0, 0.1) is 13.8 Å². The molecule has 0 aliphatic carbocycles. The van der Waals surface area contributed by atoms with Crippen LogP contribution in [0.2, 0.25) is 0 Å². The molecular formula is C13H21N5O2. The minimum absolute atomic E-state index is 0.0649. The van der Waals surface area contributed by atoms with E-state index in [1.54, 1.807) is 7.11 Å². The van der Waals surface area contributed by atoms with Gasteiger partial charge in [0.25, 0.3) is 0 Å². The van der Waals surface area contributed by atoms with Crippen molar-refractivity contribution in [3.05, 3.63) is 16.8 Å². The number of methoxy groups -OCH3 is 1. The molecule has 1 aromatic rings. The monoisotopic (exact) mass is 279 g/mol. The molecule has 3 N–H and O–H groups in total.